The van der Waals surface area contributed by atoms with Gasteiger partial charge >= 0.3 is 5.97 Å². The maximum Gasteiger partial charge on any atom is 0.331 e. The number of nitrogens with one attached hydrogen (secondary N) is 1. The molecular weight excluding hydrogens is 284 g/mol. The van der Waals surface area contributed by atoms with Gasteiger partial charge in [0.15, 0.2) is 0 Å². The van der Waals surface area contributed by atoms with Gasteiger partial charge in [0.25, 0.3) is 0 Å². The van der Waals surface area contributed by atoms with Gasteiger partial charge in [-0.25, -0.2) is 9.48 Å². The third kappa shape index (κ3) is 3.24. The molecule has 0 saturated heterocycles. The Hall–Kier alpha value is -2.44. The molecule has 2 rings (SSSR count). The van der Waals surface area contributed by atoms with Gasteiger partial charge in [0, 0.05) is 0 Å². The monoisotopic (exact) mass is 304 g/mol. The molecule has 1 N–H and O–H groups in total. The Kier molecular flexibility index (Phi) is 4.75. The molecule has 0 aliphatic rings. The number of carbonyl (C=O) groups is 2. The van der Waals surface area contributed by atoms with E-state index in [0.717, 1.165) is 17.5 Å². The average Bonchev–Trinajstić information content (AvgIpc) is 2.89. The molecule has 0 fully saturated rings. The van der Waals surface area contributed by atoms with Crippen molar-refractivity contribution in [2.45, 2.75) is 38.8 Å². The molecule has 118 valence electrons. The van der Waals surface area contributed by atoms with Crippen molar-refractivity contribution in [2.75, 3.05) is 7.11 Å². The average molecular weight is 304 g/mol. The number of carbonyl (C=O) groups excluding carboxylic acids is 2. The summed E-state index contributed by atoms with van der Waals surface area (Å²) in [4.78, 5) is 24.2. The molecule has 0 radical (unpaired) electrons. The van der Waals surface area contributed by atoms with Crippen LogP contribution in [0.2, 0.25) is 0 Å². The van der Waals surface area contributed by atoms with Crippen LogP contribution in [0.3, 0.4) is 0 Å². The summed E-state index contributed by atoms with van der Waals surface area (Å²) in [5, 5.41) is 10.7. The summed E-state index contributed by atoms with van der Waals surface area (Å²) in [5.74, 6) is -0.761. The molecule has 7 nitrogen and oxygen atoms in total. The molecule has 0 saturated carbocycles. The highest BCUT2D eigenvalue weighted by molar-refractivity contribution is 5.88. The van der Waals surface area contributed by atoms with Gasteiger partial charge < -0.3 is 10.1 Å². The second kappa shape index (κ2) is 6.55. The van der Waals surface area contributed by atoms with Gasteiger partial charge in [-0.15, -0.1) is 5.10 Å². The van der Waals surface area contributed by atoms with Crippen LogP contribution in [0.25, 0.3) is 11.0 Å². The lowest BCUT2D eigenvalue weighted by Crippen LogP contribution is -2.53. The third-order valence-corrected chi connectivity index (χ3v) is 3.51. The summed E-state index contributed by atoms with van der Waals surface area (Å²) < 4.78 is 6.29. The van der Waals surface area contributed by atoms with Crippen LogP contribution in [-0.4, -0.2) is 39.5 Å². The van der Waals surface area contributed by atoms with Crippen LogP contribution in [0.5, 0.6) is 0 Å². The van der Waals surface area contributed by atoms with Crippen molar-refractivity contribution in [3.05, 3.63) is 24.3 Å². The Labute approximate surface area is 128 Å². The van der Waals surface area contributed by atoms with Crippen molar-refractivity contribution in [1.29, 1.82) is 0 Å². The van der Waals surface area contributed by atoms with Gasteiger partial charge in [0.1, 0.15) is 17.6 Å². The van der Waals surface area contributed by atoms with Crippen LogP contribution in [0.15, 0.2) is 24.3 Å². The SMILES string of the molecule is CCCC(C)(NC(=O)Cn1nnc2ccccc21)C(=O)OC. The number of hydrogen-bond acceptors (Lipinski definition) is 5. The lowest BCUT2D eigenvalue weighted by Gasteiger charge is -2.27. The predicted molar refractivity (Wildman–Crippen MR) is 81.0 cm³/mol. The largest absolute Gasteiger partial charge is 0.467 e. The molecule has 1 aromatic heterocycles. The molecule has 2 aromatic rings. The van der Waals surface area contributed by atoms with Crippen LogP contribution in [-0.2, 0) is 20.9 Å². The standard InChI is InChI=1S/C15H20N4O3/c1-4-9-15(2,14(21)22-3)16-13(20)10-19-12-8-6-5-7-11(12)17-18-19/h5-8H,4,9-10H2,1-3H3,(H,16,20). The highest BCUT2D eigenvalue weighted by Crippen LogP contribution is 2.15. The quantitative estimate of drug-likeness (QED) is 0.812. The normalized spacial score (nSPS) is 13.6. The number of methoxy groups -OCH3 is 1. The van der Waals surface area contributed by atoms with Gasteiger partial charge in [0.05, 0.1) is 12.6 Å². The first-order valence-corrected chi connectivity index (χ1v) is 7.18. The van der Waals surface area contributed by atoms with E-state index in [-0.39, 0.29) is 12.5 Å². The number of amides is 1. The van der Waals surface area contributed by atoms with Crippen molar-refractivity contribution in [2.24, 2.45) is 0 Å². The highest BCUT2D eigenvalue weighted by Gasteiger charge is 2.35. The zero-order chi connectivity index (χ0) is 16.2. The summed E-state index contributed by atoms with van der Waals surface area (Å²) in [6.07, 6.45) is 1.25. The Morgan fingerprint density at radius 1 is 1.36 bits per heavy atom. The van der Waals surface area contributed by atoms with Crippen molar-refractivity contribution in [3.8, 4) is 0 Å². The summed E-state index contributed by atoms with van der Waals surface area (Å²) in [6.45, 7) is 3.61. The van der Waals surface area contributed by atoms with Gasteiger partial charge in [-0.1, -0.05) is 30.7 Å². The van der Waals surface area contributed by atoms with Crippen molar-refractivity contribution in [3.63, 3.8) is 0 Å². The summed E-state index contributed by atoms with van der Waals surface area (Å²) in [6, 6.07) is 7.38. The molecule has 22 heavy (non-hydrogen) atoms. The fourth-order valence-electron chi connectivity index (χ4n) is 2.46. The maximum absolute atomic E-state index is 12.3. The van der Waals surface area contributed by atoms with Gasteiger partial charge in [-0.2, -0.15) is 0 Å². The number of para-hydroxylation sites is 1. The minimum atomic E-state index is -1.03. The molecule has 1 atom stereocenters. The predicted octanol–water partition coefficient (Wildman–Crippen LogP) is 1.28. The van der Waals surface area contributed by atoms with E-state index in [1.165, 1.54) is 11.8 Å². The Morgan fingerprint density at radius 2 is 2.09 bits per heavy atom. The fraction of sp³-hybridized carbons (Fsp3) is 0.467. The Balaban J connectivity index is 2.13. The minimum absolute atomic E-state index is 0.00316. The molecular formula is C15H20N4O3. The topological polar surface area (TPSA) is 86.1 Å². The summed E-state index contributed by atoms with van der Waals surface area (Å²) >= 11 is 0. The van der Waals surface area contributed by atoms with E-state index in [1.807, 2.05) is 31.2 Å². The fourth-order valence-corrected chi connectivity index (χ4v) is 2.46. The lowest BCUT2D eigenvalue weighted by atomic mass is 9.96. The minimum Gasteiger partial charge on any atom is -0.467 e. The molecule has 0 bridgehead atoms. The highest BCUT2D eigenvalue weighted by atomic mass is 16.5. The molecule has 0 aliphatic heterocycles. The second-order valence-corrected chi connectivity index (χ2v) is 5.36. The first-order valence-electron chi connectivity index (χ1n) is 7.18. The molecule has 0 spiro atoms. The zero-order valence-electron chi connectivity index (χ0n) is 13.0. The molecule has 1 unspecified atom stereocenters. The zero-order valence-corrected chi connectivity index (χ0v) is 13.0. The van der Waals surface area contributed by atoms with Crippen molar-refractivity contribution in [1.82, 2.24) is 20.3 Å². The number of nitrogens with zero attached hydrogens (tertiary/aromatic N) is 3. The number of aromatic nitrogens is 3. The van der Waals surface area contributed by atoms with Crippen LogP contribution in [0, 0.1) is 0 Å². The van der Waals surface area contributed by atoms with Gasteiger partial charge in [0.2, 0.25) is 5.91 Å². The van der Waals surface area contributed by atoms with Crippen molar-refractivity contribution >= 4 is 22.9 Å². The molecule has 1 amide bonds. The van der Waals surface area contributed by atoms with Crippen LogP contribution < -0.4 is 5.32 Å². The second-order valence-electron chi connectivity index (χ2n) is 5.36. The van der Waals surface area contributed by atoms with E-state index in [1.54, 1.807) is 6.92 Å². The van der Waals surface area contributed by atoms with Gasteiger partial charge in [-0.3, -0.25) is 4.79 Å². The summed E-state index contributed by atoms with van der Waals surface area (Å²) in [5.41, 5.74) is 0.462. The van der Waals surface area contributed by atoms with Crippen LogP contribution in [0.1, 0.15) is 26.7 Å². The summed E-state index contributed by atoms with van der Waals surface area (Å²) in [7, 11) is 1.31. The molecule has 0 aliphatic carbocycles. The van der Waals surface area contributed by atoms with Gasteiger partial charge in [-0.05, 0) is 25.5 Å². The van der Waals surface area contributed by atoms with E-state index in [4.69, 9.17) is 4.74 Å². The first-order chi connectivity index (χ1) is 10.5. The van der Waals surface area contributed by atoms with Crippen molar-refractivity contribution < 1.29 is 14.3 Å². The van der Waals surface area contributed by atoms with E-state index in [2.05, 4.69) is 15.6 Å². The number of rotatable bonds is 6. The molecule has 7 heteroatoms. The van der Waals surface area contributed by atoms with E-state index in [9.17, 15) is 9.59 Å². The van der Waals surface area contributed by atoms with E-state index < -0.39 is 11.5 Å². The third-order valence-electron chi connectivity index (χ3n) is 3.51. The number of ether oxygens (including phenoxy) is 1. The van der Waals surface area contributed by atoms with Crippen LogP contribution in [0.4, 0.5) is 0 Å². The smallest absolute Gasteiger partial charge is 0.331 e. The number of fused-ring (bicyclic) bond motifs is 1. The van der Waals surface area contributed by atoms with E-state index >= 15 is 0 Å². The Bertz CT molecular complexity index is 682. The lowest BCUT2D eigenvalue weighted by molar-refractivity contribution is -0.150. The molecule has 1 aromatic carbocycles. The number of esters is 1. The van der Waals surface area contributed by atoms with Crippen LogP contribution >= 0.6 is 0 Å². The first kappa shape index (κ1) is 15.9. The Morgan fingerprint density at radius 3 is 2.77 bits per heavy atom. The van der Waals surface area contributed by atoms with E-state index in [0.29, 0.717) is 6.42 Å². The number of benzene rings is 1. The maximum atomic E-state index is 12.3. The molecule has 1 heterocycles. The number of hydrogen-bond donors (Lipinski definition) is 1.